The molecule has 1 aromatic carbocycles. The van der Waals surface area contributed by atoms with E-state index in [1.54, 1.807) is 0 Å². The zero-order chi connectivity index (χ0) is 13.8. The average molecular weight is 272 g/mol. The van der Waals surface area contributed by atoms with Crippen LogP contribution in [-0.4, -0.2) is 46.4 Å². The summed E-state index contributed by atoms with van der Waals surface area (Å²) in [5.74, 6) is 0.830. The molecule has 0 radical (unpaired) electrons. The summed E-state index contributed by atoms with van der Waals surface area (Å²) in [6, 6.07) is 8.53. The molecule has 0 aliphatic carbocycles. The second-order valence-electron chi connectivity index (χ2n) is 4.96. The van der Waals surface area contributed by atoms with Crippen LogP contribution in [0.15, 0.2) is 24.3 Å². The van der Waals surface area contributed by atoms with Crippen molar-refractivity contribution in [3.63, 3.8) is 0 Å². The van der Waals surface area contributed by atoms with Gasteiger partial charge in [-0.2, -0.15) is 0 Å². The Hall–Kier alpha value is -1.95. The predicted octanol–water partition coefficient (Wildman–Crippen LogP) is 1.16. The third-order valence-corrected chi connectivity index (χ3v) is 3.66. The number of aromatic nitrogens is 4. The molecule has 0 atom stereocenters. The lowest BCUT2D eigenvalue weighted by Gasteiger charge is -2.22. The number of rotatable bonds is 3. The van der Waals surface area contributed by atoms with E-state index in [2.05, 4.69) is 50.0 Å². The summed E-state index contributed by atoms with van der Waals surface area (Å²) in [7, 11) is 0. The van der Waals surface area contributed by atoms with Crippen molar-refractivity contribution in [2.75, 3.05) is 31.1 Å². The van der Waals surface area contributed by atoms with Gasteiger partial charge in [-0.15, -0.1) is 5.10 Å². The Bertz CT molecular complexity index is 539. The van der Waals surface area contributed by atoms with E-state index in [0.29, 0.717) is 0 Å². The molecule has 3 rings (SSSR count). The van der Waals surface area contributed by atoms with Crippen molar-refractivity contribution >= 4 is 5.69 Å². The highest BCUT2D eigenvalue weighted by Crippen LogP contribution is 2.21. The van der Waals surface area contributed by atoms with Crippen LogP contribution in [0.1, 0.15) is 13.3 Å². The summed E-state index contributed by atoms with van der Waals surface area (Å²) in [4.78, 5) is 2.42. The number of anilines is 1. The molecule has 1 aliphatic heterocycles. The van der Waals surface area contributed by atoms with Crippen LogP contribution in [0.25, 0.3) is 11.4 Å². The highest BCUT2D eigenvalue weighted by atomic mass is 15.5. The van der Waals surface area contributed by atoms with Crippen LogP contribution in [0.5, 0.6) is 0 Å². The molecular weight excluding hydrogens is 252 g/mol. The van der Waals surface area contributed by atoms with Crippen molar-refractivity contribution in [1.29, 1.82) is 0 Å². The Balaban J connectivity index is 1.80. The van der Waals surface area contributed by atoms with Crippen LogP contribution in [-0.2, 0) is 6.54 Å². The van der Waals surface area contributed by atoms with Crippen molar-refractivity contribution in [2.24, 2.45) is 0 Å². The number of benzene rings is 1. The van der Waals surface area contributed by atoms with Crippen molar-refractivity contribution in [3.8, 4) is 11.4 Å². The van der Waals surface area contributed by atoms with Crippen LogP contribution >= 0.6 is 0 Å². The zero-order valence-corrected chi connectivity index (χ0v) is 11.8. The number of aryl methyl sites for hydroxylation is 1. The molecule has 0 saturated carbocycles. The van der Waals surface area contributed by atoms with Crippen LogP contribution in [0.4, 0.5) is 5.69 Å². The fourth-order valence-electron chi connectivity index (χ4n) is 2.55. The molecule has 20 heavy (non-hydrogen) atoms. The molecule has 2 heterocycles. The number of nitrogens with one attached hydrogen (secondary N) is 1. The van der Waals surface area contributed by atoms with E-state index in [1.807, 2.05) is 11.6 Å². The zero-order valence-electron chi connectivity index (χ0n) is 11.8. The minimum absolute atomic E-state index is 0.780. The SMILES string of the molecule is CCn1nnnc1-c1ccc(N2CCCNCC2)cc1. The average Bonchev–Trinajstić information content (AvgIpc) is 2.81. The van der Waals surface area contributed by atoms with Gasteiger partial charge in [0.2, 0.25) is 0 Å². The van der Waals surface area contributed by atoms with Crippen LogP contribution < -0.4 is 10.2 Å². The van der Waals surface area contributed by atoms with E-state index >= 15 is 0 Å². The molecule has 2 aromatic rings. The standard InChI is InChI=1S/C14H20N6/c1-2-20-14(16-17-18-20)12-4-6-13(7-5-12)19-10-3-8-15-9-11-19/h4-7,15H,2-3,8-11H2,1H3. The fraction of sp³-hybridized carbons (Fsp3) is 0.500. The summed E-state index contributed by atoms with van der Waals surface area (Å²) >= 11 is 0. The second kappa shape index (κ2) is 6.00. The van der Waals surface area contributed by atoms with Crippen LogP contribution in [0.2, 0.25) is 0 Å². The number of hydrogen-bond acceptors (Lipinski definition) is 5. The summed E-state index contributed by atoms with van der Waals surface area (Å²) in [5.41, 5.74) is 2.33. The summed E-state index contributed by atoms with van der Waals surface area (Å²) in [6.45, 7) is 7.15. The summed E-state index contributed by atoms with van der Waals surface area (Å²) < 4.78 is 1.81. The molecule has 0 bridgehead atoms. The van der Waals surface area contributed by atoms with E-state index in [0.717, 1.165) is 44.1 Å². The van der Waals surface area contributed by atoms with Gasteiger partial charge in [-0.25, -0.2) is 4.68 Å². The maximum atomic E-state index is 4.09. The second-order valence-corrected chi connectivity index (χ2v) is 4.96. The largest absolute Gasteiger partial charge is 0.370 e. The first kappa shape index (κ1) is 13.1. The molecule has 106 valence electrons. The Morgan fingerprint density at radius 1 is 1.15 bits per heavy atom. The maximum absolute atomic E-state index is 4.09. The number of tetrazole rings is 1. The molecule has 1 aliphatic rings. The Morgan fingerprint density at radius 2 is 2.00 bits per heavy atom. The van der Waals surface area contributed by atoms with Gasteiger partial charge >= 0.3 is 0 Å². The fourth-order valence-corrected chi connectivity index (χ4v) is 2.55. The first-order chi connectivity index (χ1) is 9.88. The lowest BCUT2D eigenvalue weighted by molar-refractivity contribution is 0.631. The predicted molar refractivity (Wildman–Crippen MR) is 78.6 cm³/mol. The van der Waals surface area contributed by atoms with Gasteiger partial charge in [0.25, 0.3) is 0 Å². The highest BCUT2D eigenvalue weighted by Gasteiger charge is 2.11. The molecule has 0 unspecified atom stereocenters. The number of nitrogens with zero attached hydrogens (tertiary/aromatic N) is 5. The third-order valence-electron chi connectivity index (χ3n) is 3.66. The van der Waals surface area contributed by atoms with Gasteiger partial charge in [-0.1, -0.05) is 0 Å². The monoisotopic (exact) mass is 272 g/mol. The summed E-state index contributed by atoms with van der Waals surface area (Å²) in [5, 5.41) is 15.2. The highest BCUT2D eigenvalue weighted by molar-refractivity contribution is 5.60. The Kier molecular flexibility index (Phi) is 3.92. The van der Waals surface area contributed by atoms with E-state index in [4.69, 9.17) is 0 Å². The molecule has 1 N–H and O–H groups in total. The molecule has 1 fully saturated rings. The Labute approximate surface area is 118 Å². The minimum Gasteiger partial charge on any atom is -0.370 e. The van der Waals surface area contributed by atoms with E-state index < -0.39 is 0 Å². The quantitative estimate of drug-likeness (QED) is 0.908. The van der Waals surface area contributed by atoms with Crippen LogP contribution in [0, 0.1) is 0 Å². The molecular formula is C14H20N6. The number of hydrogen-bond donors (Lipinski definition) is 1. The van der Waals surface area contributed by atoms with E-state index in [-0.39, 0.29) is 0 Å². The molecule has 1 aromatic heterocycles. The summed E-state index contributed by atoms with van der Waals surface area (Å²) in [6.07, 6.45) is 1.19. The van der Waals surface area contributed by atoms with Gasteiger partial charge in [0.05, 0.1) is 0 Å². The Morgan fingerprint density at radius 3 is 2.80 bits per heavy atom. The molecule has 6 nitrogen and oxygen atoms in total. The van der Waals surface area contributed by atoms with Gasteiger partial charge in [0, 0.05) is 37.4 Å². The molecule has 6 heteroatoms. The topological polar surface area (TPSA) is 58.9 Å². The maximum Gasteiger partial charge on any atom is 0.182 e. The van der Waals surface area contributed by atoms with Crippen molar-refractivity contribution < 1.29 is 0 Å². The van der Waals surface area contributed by atoms with Gasteiger partial charge in [-0.3, -0.25) is 0 Å². The van der Waals surface area contributed by atoms with Crippen molar-refractivity contribution in [1.82, 2.24) is 25.5 Å². The smallest absolute Gasteiger partial charge is 0.182 e. The van der Waals surface area contributed by atoms with Crippen molar-refractivity contribution in [2.45, 2.75) is 19.9 Å². The van der Waals surface area contributed by atoms with E-state index in [1.165, 1.54) is 12.1 Å². The van der Waals surface area contributed by atoms with Crippen LogP contribution in [0.3, 0.4) is 0 Å². The lowest BCUT2D eigenvalue weighted by atomic mass is 10.2. The van der Waals surface area contributed by atoms with Gasteiger partial charge < -0.3 is 10.2 Å². The van der Waals surface area contributed by atoms with Gasteiger partial charge in [0.15, 0.2) is 5.82 Å². The van der Waals surface area contributed by atoms with Gasteiger partial charge in [-0.05, 0) is 54.6 Å². The molecule has 0 spiro atoms. The lowest BCUT2D eigenvalue weighted by Crippen LogP contribution is -2.27. The first-order valence-electron chi connectivity index (χ1n) is 7.21. The van der Waals surface area contributed by atoms with E-state index in [9.17, 15) is 0 Å². The minimum atomic E-state index is 0.780. The first-order valence-corrected chi connectivity index (χ1v) is 7.21. The normalized spacial score (nSPS) is 16.1. The van der Waals surface area contributed by atoms with Gasteiger partial charge in [0.1, 0.15) is 0 Å². The third kappa shape index (κ3) is 2.65. The molecule has 0 amide bonds. The van der Waals surface area contributed by atoms with Crippen molar-refractivity contribution in [3.05, 3.63) is 24.3 Å². The molecule has 1 saturated heterocycles.